The molecule has 5 nitrogen and oxygen atoms in total. The zero-order valence-electron chi connectivity index (χ0n) is 13.2. The van der Waals surface area contributed by atoms with Gasteiger partial charge in [-0.3, -0.25) is 0 Å². The molecular formula is C14H24BN3O2. The molecule has 1 aliphatic heterocycles. The Kier molecular flexibility index (Phi) is 4.09. The lowest BCUT2D eigenvalue weighted by atomic mass is 9.77. The van der Waals surface area contributed by atoms with Crippen LogP contribution < -0.4 is 5.32 Å². The maximum atomic E-state index is 6.11. The molecule has 1 aromatic rings. The Bertz CT molecular complexity index is 492. The van der Waals surface area contributed by atoms with Crippen molar-refractivity contribution in [3.63, 3.8) is 0 Å². The first-order valence-electron chi connectivity index (χ1n) is 6.94. The molecule has 0 radical (unpaired) electrons. The van der Waals surface area contributed by atoms with Gasteiger partial charge in [-0.1, -0.05) is 0 Å². The largest absolute Gasteiger partial charge is 0.491 e. The summed E-state index contributed by atoms with van der Waals surface area (Å²) in [6.07, 6.45) is 5.69. The maximum Gasteiger partial charge on any atom is 0.491 e. The van der Waals surface area contributed by atoms with E-state index in [2.05, 4.69) is 44.1 Å². The van der Waals surface area contributed by atoms with Crippen molar-refractivity contribution in [1.82, 2.24) is 14.9 Å². The Labute approximate surface area is 121 Å². The molecule has 0 atom stereocenters. The summed E-state index contributed by atoms with van der Waals surface area (Å²) >= 11 is 0. The van der Waals surface area contributed by atoms with Gasteiger partial charge in [-0.25, -0.2) is 4.98 Å². The van der Waals surface area contributed by atoms with E-state index < -0.39 is 0 Å². The van der Waals surface area contributed by atoms with Gasteiger partial charge in [0, 0.05) is 13.6 Å². The van der Waals surface area contributed by atoms with Gasteiger partial charge >= 0.3 is 7.12 Å². The van der Waals surface area contributed by atoms with E-state index in [0.717, 1.165) is 11.2 Å². The van der Waals surface area contributed by atoms with E-state index in [0.29, 0.717) is 6.54 Å². The highest BCUT2D eigenvalue weighted by molar-refractivity contribution is 6.55. The van der Waals surface area contributed by atoms with Crippen LogP contribution in [0.15, 0.2) is 18.0 Å². The Morgan fingerprint density at radius 3 is 2.40 bits per heavy atom. The minimum atomic E-state index is -0.331. The highest BCUT2D eigenvalue weighted by Crippen LogP contribution is 2.38. The second-order valence-electron chi connectivity index (χ2n) is 6.27. The van der Waals surface area contributed by atoms with E-state index in [9.17, 15) is 0 Å². The minimum absolute atomic E-state index is 0.322. The highest BCUT2D eigenvalue weighted by atomic mass is 16.7. The summed E-state index contributed by atoms with van der Waals surface area (Å²) in [4.78, 5) is 4.14. The predicted octanol–water partition coefficient (Wildman–Crippen LogP) is 1.65. The van der Waals surface area contributed by atoms with Crippen molar-refractivity contribution in [1.29, 1.82) is 0 Å². The first kappa shape index (κ1) is 15.3. The molecule has 0 amide bonds. The van der Waals surface area contributed by atoms with Crippen LogP contribution in [0.25, 0.3) is 6.08 Å². The SMILES string of the molecule is CNCC(=Cc1cncn1C)B1OC(C)(C)C(C)(C)O1. The second kappa shape index (κ2) is 5.35. The summed E-state index contributed by atoms with van der Waals surface area (Å²) in [6, 6.07) is 0. The molecule has 0 unspecified atom stereocenters. The number of hydrogen-bond donors (Lipinski definition) is 1. The monoisotopic (exact) mass is 277 g/mol. The lowest BCUT2D eigenvalue weighted by molar-refractivity contribution is 0.00578. The standard InChI is InChI=1S/C14H24BN3O2/c1-13(2)14(3,4)20-15(19-13)11(8-16-5)7-12-9-17-10-18(12)6/h7,9-10,16H,8H2,1-6H3. The third-order valence-corrected chi connectivity index (χ3v) is 4.12. The van der Waals surface area contributed by atoms with Gasteiger partial charge in [-0.05, 0) is 46.3 Å². The van der Waals surface area contributed by atoms with Crippen molar-refractivity contribution >= 4 is 13.2 Å². The van der Waals surface area contributed by atoms with Crippen LogP contribution in [0.4, 0.5) is 0 Å². The Balaban J connectivity index is 2.27. The predicted molar refractivity (Wildman–Crippen MR) is 81.2 cm³/mol. The molecule has 1 aromatic heterocycles. The third-order valence-electron chi connectivity index (χ3n) is 4.12. The molecule has 1 saturated heterocycles. The zero-order chi connectivity index (χ0) is 15.0. The molecule has 0 saturated carbocycles. The Morgan fingerprint density at radius 2 is 1.95 bits per heavy atom. The van der Waals surface area contributed by atoms with Crippen molar-refractivity contribution in [2.45, 2.75) is 38.9 Å². The van der Waals surface area contributed by atoms with E-state index in [-0.39, 0.29) is 18.3 Å². The number of aromatic nitrogens is 2. The van der Waals surface area contributed by atoms with Crippen LogP contribution >= 0.6 is 0 Å². The molecule has 20 heavy (non-hydrogen) atoms. The van der Waals surface area contributed by atoms with Crippen LogP contribution in [-0.4, -0.2) is 41.5 Å². The fourth-order valence-corrected chi connectivity index (χ4v) is 2.10. The first-order valence-corrected chi connectivity index (χ1v) is 6.94. The Hall–Kier alpha value is -1.11. The summed E-state index contributed by atoms with van der Waals surface area (Å²) < 4.78 is 14.2. The smallest absolute Gasteiger partial charge is 0.400 e. The van der Waals surface area contributed by atoms with Gasteiger partial charge in [0.05, 0.1) is 29.4 Å². The number of likely N-dealkylation sites (N-methyl/N-ethyl adjacent to an activating group) is 1. The number of hydrogen-bond acceptors (Lipinski definition) is 4. The first-order chi connectivity index (χ1) is 9.27. The molecule has 1 N–H and O–H groups in total. The van der Waals surface area contributed by atoms with Crippen molar-refractivity contribution in [3.05, 3.63) is 23.7 Å². The number of nitrogens with one attached hydrogen (secondary N) is 1. The number of nitrogens with zero attached hydrogens (tertiary/aromatic N) is 2. The molecule has 1 fully saturated rings. The fourth-order valence-electron chi connectivity index (χ4n) is 2.10. The summed E-state index contributed by atoms with van der Waals surface area (Å²) in [7, 11) is 3.56. The number of aryl methyl sites for hydroxylation is 1. The molecule has 0 aliphatic carbocycles. The van der Waals surface area contributed by atoms with Gasteiger partial charge in [0.25, 0.3) is 0 Å². The molecule has 0 spiro atoms. The number of rotatable bonds is 4. The molecule has 2 rings (SSSR count). The summed E-state index contributed by atoms with van der Waals surface area (Å²) in [5.41, 5.74) is 1.45. The van der Waals surface area contributed by atoms with Gasteiger partial charge in [0.15, 0.2) is 0 Å². The van der Waals surface area contributed by atoms with Gasteiger partial charge in [0.2, 0.25) is 0 Å². The van der Waals surface area contributed by atoms with Gasteiger partial charge in [-0.2, -0.15) is 0 Å². The third kappa shape index (κ3) is 2.82. The molecule has 0 bridgehead atoms. The van der Waals surface area contributed by atoms with E-state index in [1.54, 1.807) is 6.33 Å². The molecule has 0 aromatic carbocycles. The van der Waals surface area contributed by atoms with Crippen molar-refractivity contribution in [3.8, 4) is 0 Å². The summed E-state index contributed by atoms with van der Waals surface area (Å²) in [5.74, 6) is 0. The van der Waals surface area contributed by atoms with Crippen molar-refractivity contribution in [2.24, 2.45) is 7.05 Å². The van der Waals surface area contributed by atoms with E-state index in [1.165, 1.54) is 0 Å². The van der Waals surface area contributed by atoms with Crippen LogP contribution in [0.5, 0.6) is 0 Å². The summed E-state index contributed by atoms with van der Waals surface area (Å²) in [5, 5.41) is 3.17. The average molecular weight is 277 g/mol. The highest BCUT2D eigenvalue weighted by Gasteiger charge is 2.52. The van der Waals surface area contributed by atoms with Crippen LogP contribution in [0.2, 0.25) is 0 Å². The van der Waals surface area contributed by atoms with Crippen LogP contribution in [0.3, 0.4) is 0 Å². The Morgan fingerprint density at radius 1 is 1.35 bits per heavy atom. The van der Waals surface area contributed by atoms with Crippen molar-refractivity contribution < 1.29 is 9.31 Å². The van der Waals surface area contributed by atoms with Crippen LogP contribution in [0.1, 0.15) is 33.4 Å². The fraction of sp³-hybridized carbons (Fsp3) is 0.643. The topological polar surface area (TPSA) is 48.3 Å². The average Bonchev–Trinajstić information content (AvgIpc) is 2.81. The maximum absolute atomic E-state index is 6.11. The normalized spacial score (nSPS) is 21.5. The lowest BCUT2D eigenvalue weighted by Gasteiger charge is -2.32. The van der Waals surface area contributed by atoms with Crippen LogP contribution in [0, 0.1) is 0 Å². The molecule has 1 aliphatic rings. The quantitative estimate of drug-likeness (QED) is 0.850. The minimum Gasteiger partial charge on any atom is -0.400 e. The van der Waals surface area contributed by atoms with Gasteiger partial charge in [-0.15, -0.1) is 0 Å². The van der Waals surface area contributed by atoms with Gasteiger partial charge in [0.1, 0.15) is 0 Å². The summed E-state index contributed by atoms with van der Waals surface area (Å²) in [6.45, 7) is 8.96. The molecule has 6 heteroatoms. The number of imidazole rings is 1. The zero-order valence-corrected chi connectivity index (χ0v) is 13.2. The molecule has 110 valence electrons. The van der Waals surface area contributed by atoms with E-state index in [1.807, 2.05) is 24.9 Å². The van der Waals surface area contributed by atoms with Gasteiger partial charge < -0.3 is 19.2 Å². The van der Waals surface area contributed by atoms with Crippen molar-refractivity contribution in [2.75, 3.05) is 13.6 Å². The second-order valence-corrected chi connectivity index (χ2v) is 6.27. The van der Waals surface area contributed by atoms with Crippen LogP contribution in [-0.2, 0) is 16.4 Å². The van der Waals surface area contributed by atoms with E-state index in [4.69, 9.17) is 9.31 Å². The lowest BCUT2D eigenvalue weighted by Crippen LogP contribution is -2.41. The van der Waals surface area contributed by atoms with E-state index >= 15 is 0 Å². The molecular weight excluding hydrogens is 253 g/mol. The molecule has 2 heterocycles.